The van der Waals surface area contributed by atoms with Crippen molar-refractivity contribution in [3.63, 3.8) is 0 Å². The Kier molecular flexibility index (Phi) is 7.18. The lowest BCUT2D eigenvalue weighted by Gasteiger charge is -2.25. The summed E-state index contributed by atoms with van der Waals surface area (Å²) in [4.78, 5) is 6.85. The van der Waals surface area contributed by atoms with E-state index in [0.717, 1.165) is 50.3 Å². The minimum absolute atomic E-state index is 0. The fourth-order valence-corrected chi connectivity index (χ4v) is 3.94. The van der Waals surface area contributed by atoms with Gasteiger partial charge in [-0.2, -0.15) is 0 Å². The zero-order chi connectivity index (χ0) is 18.5. The van der Waals surface area contributed by atoms with E-state index >= 15 is 0 Å². The summed E-state index contributed by atoms with van der Waals surface area (Å²) in [6.07, 6.45) is 2.35. The van der Waals surface area contributed by atoms with E-state index in [2.05, 4.69) is 27.3 Å². The van der Waals surface area contributed by atoms with Crippen molar-refractivity contribution < 1.29 is 9.47 Å². The van der Waals surface area contributed by atoms with Crippen molar-refractivity contribution in [2.45, 2.75) is 19.4 Å². The Morgan fingerprint density at radius 1 is 1.14 bits per heavy atom. The van der Waals surface area contributed by atoms with Gasteiger partial charge in [0.15, 0.2) is 5.96 Å². The van der Waals surface area contributed by atoms with Crippen LogP contribution in [0.15, 0.2) is 59.6 Å². The van der Waals surface area contributed by atoms with Gasteiger partial charge in [0.1, 0.15) is 11.5 Å². The molecule has 6 heteroatoms. The van der Waals surface area contributed by atoms with Gasteiger partial charge in [0.25, 0.3) is 0 Å². The lowest BCUT2D eigenvalue weighted by atomic mass is 9.87. The number of para-hydroxylation sites is 1. The highest BCUT2D eigenvalue weighted by atomic mass is 127. The molecule has 5 nitrogen and oxygen atoms in total. The van der Waals surface area contributed by atoms with Gasteiger partial charge in [0, 0.05) is 38.7 Å². The maximum Gasteiger partial charge on any atom is 0.193 e. The maximum absolute atomic E-state index is 5.93. The van der Waals surface area contributed by atoms with E-state index in [-0.39, 0.29) is 24.0 Å². The van der Waals surface area contributed by atoms with Gasteiger partial charge >= 0.3 is 0 Å². The summed E-state index contributed by atoms with van der Waals surface area (Å²) < 4.78 is 11.6. The Bertz CT molecular complexity index is 791. The quantitative estimate of drug-likeness (QED) is 0.393. The number of rotatable bonds is 4. The Labute approximate surface area is 184 Å². The van der Waals surface area contributed by atoms with Crippen LogP contribution >= 0.6 is 24.0 Å². The van der Waals surface area contributed by atoms with Gasteiger partial charge in [-0.3, -0.25) is 4.99 Å². The van der Waals surface area contributed by atoms with Crippen molar-refractivity contribution in [3.05, 3.63) is 60.2 Å². The first-order valence-corrected chi connectivity index (χ1v) is 9.62. The molecule has 1 N–H and O–H groups in total. The summed E-state index contributed by atoms with van der Waals surface area (Å²) in [5.41, 5.74) is 1.50. The lowest BCUT2D eigenvalue weighted by Crippen LogP contribution is -2.41. The van der Waals surface area contributed by atoms with E-state index in [0.29, 0.717) is 5.41 Å². The first-order chi connectivity index (χ1) is 13.3. The van der Waals surface area contributed by atoms with Gasteiger partial charge in [-0.1, -0.05) is 30.3 Å². The van der Waals surface area contributed by atoms with Crippen LogP contribution in [-0.4, -0.2) is 44.2 Å². The third-order valence-electron chi connectivity index (χ3n) is 5.46. The largest absolute Gasteiger partial charge is 0.457 e. The summed E-state index contributed by atoms with van der Waals surface area (Å²) in [6, 6.07) is 18.0. The monoisotopic (exact) mass is 493 g/mol. The smallest absolute Gasteiger partial charge is 0.193 e. The molecule has 28 heavy (non-hydrogen) atoms. The fourth-order valence-electron chi connectivity index (χ4n) is 3.94. The molecule has 2 heterocycles. The molecular formula is C22H28IN3O2. The number of halogens is 1. The highest BCUT2D eigenvalue weighted by Gasteiger charge is 2.42. The van der Waals surface area contributed by atoms with E-state index in [1.807, 2.05) is 49.5 Å². The first-order valence-electron chi connectivity index (χ1n) is 9.62. The van der Waals surface area contributed by atoms with Gasteiger partial charge in [0.05, 0.1) is 6.61 Å². The molecule has 2 saturated heterocycles. The highest BCUT2D eigenvalue weighted by molar-refractivity contribution is 14.0. The van der Waals surface area contributed by atoms with Gasteiger partial charge in [0.2, 0.25) is 0 Å². The number of hydrogen-bond donors (Lipinski definition) is 1. The Balaban J connectivity index is 0.00000225. The number of nitrogens with one attached hydrogen (secondary N) is 1. The number of likely N-dealkylation sites (tertiary alicyclic amines) is 1. The second-order valence-corrected chi connectivity index (χ2v) is 7.44. The van der Waals surface area contributed by atoms with Crippen molar-refractivity contribution >= 4 is 29.9 Å². The van der Waals surface area contributed by atoms with Gasteiger partial charge in [-0.15, -0.1) is 24.0 Å². The van der Waals surface area contributed by atoms with Crippen molar-refractivity contribution in [1.29, 1.82) is 0 Å². The van der Waals surface area contributed by atoms with Crippen LogP contribution in [0.3, 0.4) is 0 Å². The Morgan fingerprint density at radius 3 is 2.71 bits per heavy atom. The number of nitrogens with zero attached hydrogens (tertiary/aromatic N) is 2. The summed E-state index contributed by atoms with van der Waals surface area (Å²) >= 11 is 0. The summed E-state index contributed by atoms with van der Waals surface area (Å²) in [7, 11) is 1.85. The molecule has 150 valence electrons. The molecule has 0 saturated carbocycles. The molecule has 0 radical (unpaired) electrons. The number of benzene rings is 2. The molecule has 2 aromatic rings. The van der Waals surface area contributed by atoms with E-state index in [4.69, 9.17) is 9.47 Å². The third-order valence-corrected chi connectivity index (χ3v) is 5.46. The molecule has 1 unspecified atom stereocenters. The minimum atomic E-state index is 0. The average molecular weight is 493 g/mol. The van der Waals surface area contributed by atoms with Crippen LogP contribution in [0.5, 0.6) is 11.5 Å². The molecule has 2 fully saturated rings. The predicted molar refractivity (Wildman–Crippen MR) is 123 cm³/mol. The average Bonchev–Trinajstić information content (AvgIpc) is 3.34. The second-order valence-electron chi connectivity index (χ2n) is 7.44. The van der Waals surface area contributed by atoms with Crippen LogP contribution < -0.4 is 10.1 Å². The topological polar surface area (TPSA) is 46.1 Å². The zero-order valence-electron chi connectivity index (χ0n) is 16.3. The zero-order valence-corrected chi connectivity index (χ0v) is 18.6. The van der Waals surface area contributed by atoms with E-state index in [9.17, 15) is 0 Å². The van der Waals surface area contributed by atoms with Crippen LogP contribution in [0.2, 0.25) is 0 Å². The van der Waals surface area contributed by atoms with Gasteiger partial charge in [-0.05, 0) is 42.7 Å². The van der Waals surface area contributed by atoms with Crippen LogP contribution in [0, 0.1) is 5.41 Å². The third kappa shape index (κ3) is 4.97. The summed E-state index contributed by atoms with van der Waals surface area (Å²) in [5.74, 6) is 2.66. The molecule has 0 bridgehead atoms. The molecule has 2 aliphatic rings. The molecule has 1 spiro atoms. The van der Waals surface area contributed by atoms with E-state index in [1.54, 1.807) is 0 Å². The first kappa shape index (κ1) is 20.9. The summed E-state index contributed by atoms with van der Waals surface area (Å²) in [6.45, 7) is 4.58. The molecule has 2 aliphatic heterocycles. The van der Waals surface area contributed by atoms with E-state index in [1.165, 1.54) is 18.4 Å². The van der Waals surface area contributed by atoms with Crippen molar-refractivity contribution in [2.75, 3.05) is 33.4 Å². The number of ether oxygens (including phenoxy) is 2. The Morgan fingerprint density at radius 2 is 1.96 bits per heavy atom. The van der Waals surface area contributed by atoms with Crippen LogP contribution in [0.4, 0.5) is 0 Å². The second kappa shape index (κ2) is 9.60. The number of hydrogen-bond acceptors (Lipinski definition) is 3. The van der Waals surface area contributed by atoms with Crippen LogP contribution in [-0.2, 0) is 11.3 Å². The van der Waals surface area contributed by atoms with Gasteiger partial charge in [-0.25, -0.2) is 0 Å². The molecule has 2 aromatic carbocycles. The molecule has 0 aromatic heterocycles. The minimum Gasteiger partial charge on any atom is -0.457 e. The maximum atomic E-state index is 5.93. The van der Waals surface area contributed by atoms with Crippen LogP contribution in [0.25, 0.3) is 0 Å². The highest BCUT2D eigenvalue weighted by Crippen LogP contribution is 2.38. The Hall–Kier alpha value is -1.80. The van der Waals surface area contributed by atoms with Crippen molar-refractivity contribution in [3.8, 4) is 11.5 Å². The molecule has 1 atom stereocenters. The SMILES string of the molecule is CN=C(NCc1cccc(Oc2ccccc2)c1)N1CCC2(CCOC2)C1.I. The van der Waals surface area contributed by atoms with Gasteiger partial charge < -0.3 is 19.7 Å². The standard InChI is InChI=1S/C22H27N3O2.HI/c1-23-21(25-12-10-22(16-25)11-13-26-17-22)24-15-18-6-5-9-20(14-18)27-19-7-3-2-4-8-19;/h2-9,14H,10-13,15-17H2,1H3,(H,23,24);1H. The van der Waals surface area contributed by atoms with E-state index < -0.39 is 0 Å². The fraction of sp³-hybridized carbons (Fsp3) is 0.409. The summed E-state index contributed by atoms with van der Waals surface area (Å²) in [5, 5.41) is 3.50. The predicted octanol–water partition coefficient (Wildman–Crippen LogP) is 4.28. The van der Waals surface area contributed by atoms with Crippen molar-refractivity contribution in [1.82, 2.24) is 10.2 Å². The van der Waals surface area contributed by atoms with Crippen molar-refractivity contribution in [2.24, 2.45) is 10.4 Å². The lowest BCUT2D eigenvalue weighted by molar-refractivity contribution is 0.156. The number of guanidine groups is 1. The molecule has 4 rings (SSSR count). The molecule has 0 aliphatic carbocycles. The normalized spacial score (nSPS) is 21.6. The van der Waals surface area contributed by atoms with Crippen LogP contribution in [0.1, 0.15) is 18.4 Å². The molecule has 0 amide bonds. The molecular weight excluding hydrogens is 465 g/mol. The number of aliphatic imine (C=N–C) groups is 1.